The number of benzene rings is 2. The molecule has 6 heteroatoms. The van der Waals surface area contributed by atoms with Crippen LogP contribution in [0.3, 0.4) is 0 Å². The SMILES string of the molecule is COc1ccc([C@H](C(=O)Nc2ccc(C(C)C)cc2)N(C)C(=O)Cc2cccs2)cc1. The van der Waals surface area contributed by atoms with E-state index in [4.69, 9.17) is 4.74 Å². The number of amides is 2. The minimum atomic E-state index is -0.761. The van der Waals surface area contributed by atoms with Crippen LogP contribution in [0.5, 0.6) is 5.75 Å². The number of ether oxygens (including phenoxy) is 1. The molecule has 5 nitrogen and oxygen atoms in total. The summed E-state index contributed by atoms with van der Waals surface area (Å²) in [5, 5.41) is 4.91. The first-order chi connectivity index (χ1) is 14.9. The van der Waals surface area contributed by atoms with Crippen LogP contribution in [0, 0.1) is 0 Å². The van der Waals surface area contributed by atoms with Crippen LogP contribution in [-0.2, 0) is 16.0 Å². The Hall–Kier alpha value is -3.12. The summed E-state index contributed by atoms with van der Waals surface area (Å²) in [6.45, 7) is 4.25. The van der Waals surface area contributed by atoms with Gasteiger partial charge in [0.2, 0.25) is 5.91 Å². The van der Waals surface area contributed by atoms with E-state index in [2.05, 4.69) is 19.2 Å². The highest BCUT2D eigenvalue weighted by Crippen LogP contribution is 2.26. The molecule has 3 rings (SSSR count). The van der Waals surface area contributed by atoms with Crippen LogP contribution in [0.4, 0.5) is 5.69 Å². The number of hydrogen-bond acceptors (Lipinski definition) is 4. The molecule has 0 aliphatic heterocycles. The molecule has 0 unspecified atom stereocenters. The highest BCUT2D eigenvalue weighted by atomic mass is 32.1. The van der Waals surface area contributed by atoms with Gasteiger partial charge in [-0.2, -0.15) is 0 Å². The van der Waals surface area contributed by atoms with Gasteiger partial charge in [0.05, 0.1) is 13.5 Å². The van der Waals surface area contributed by atoms with Crippen molar-refractivity contribution < 1.29 is 14.3 Å². The second-order valence-corrected chi connectivity index (χ2v) is 8.73. The van der Waals surface area contributed by atoms with Crippen LogP contribution in [0.2, 0.25) is 0 Å². The largest absolute Gasteiger partial charge is 0.497 e. The first kappa shape index (κ1) is 22.6. The number of rotatable bonds is 8. The summed E-state index contributed by atoms with van der Waals surface area (Å²) in [4.78, 5) is 28.7. The molecule has 0 spiro atoms. The second-order valence-electron chi connectivity index (χ2n) is 7.70. The third-order valence-electron chi connectivity index (χ3n) is 5.21. The normalized spacial score (nSPS) is 11.8. The molecule has 1 N–H and O–H groups in total. The van der Waals surface area contributed by atoms with Crippen LogP contribution < -0.4 is 10.1 Å². The second kappa shape index (κ2) is 10.3. The van der Waals surface area contributed by atoms with Crippen LogP contribution in [0.1, 0.15) is 41.8 Å². The van der Waals surface area contributed by atoms with Gasteiger partial charge in [0.25, 0.3) is 5.91 Å². The standard InChI is InChI=1S/C25H28N2O3S/c1-17(2)18-7-11-20(12-8-18)26-25(29)24(19-9-13-21(30-4)14-10-19)27(3)23(28)16-22-6-5-15-31-22/h5-15,17,24H,16H2,1-4H3,(H,26,29)/t24-/m1/s1. The molecular weight excluding hydrogens is 408 g/mol. The van der Waals surface area contributed by atoms with Crippen LogP contribution in [0.15, 0.2) is 66.0 Å². The van der Waals surface area contributed by atoms with Gasteiger partial charge in [0, 0.05) is 17.6 Å². The zero-order chi connectivity index (χ0) is 22.4. The van der Waals surface area contributed by atoms with E-state index >= 15 is 0 Å². The zero-order valence-corrected chi connectivity index (χ0v) is 19.1. The van der Waals surface area contributed by atoms with Crippen LogP contribution in [-0.4, -0.2) is 30.9 Å². The summed E-state index contributed by atoms with van der Waals surface area (Å²) in [5.74, 6) is 0.732. The van der Waals surface area contributed by atoms with Crippen molar-refractivity contribution in [3.63, 3.8) is 0 Å². The van der Waals surface area contributed by atoms with Crippen molar-refractivity contribution in [2.45, 2.75) is 32.2 Å². The number of anilines is 1. The third kappa shape index (κ3) is 5.73. The lowest BCUT2D eigenvalue weighted by Gasteiger charge is -2.28. The monoisotopic (exact) mass is 436 g/mol. The molecule has 0 saturated heterocycles. The van der Waals surface area contributed by atoms with E-state index in [1.165, 1.54) is 21.8 Å². The minimum Gasteiger partial charge on any atom is -0.497 e. The Balaban J connectivity index is 1.84. The molecule has 2 aromatic carbocycles. The quantitative estimate of drug-likeness (QED) is 0.524. The maximum atomic E-state index is 13.3. The molecule has 0 bridgehead atoms. The Bertz CT molecular complexity index is 996. The molecule has 1 heterocycles. The van der Waals surface area contributed by atoms with Gasteiger partial charge in [-0.3, -0.25) is 9.59 Å². The fraction of sp³-hybridized carbons (Fsp3) is 0.280. The summed E-state index contributed by atoms with van der Waals surface area (Å²) in [6, 6.07) is 18.1. The Labute approximate surface area is 187 Å². The number of carbonyl (C=O) groups excluding carboxylic acids is 2. The van der Waals surface area contributed by atoms with Crippen molar-refractivity contribution >= 4 is 28.8 Å². The molecule has 0 aliphatic carbocycles. The van der Waals surface area contributed by atoms with Crippen molar-refractivity contribution in [1.82, 2.24) is 4.90 Å². The zero-order valence-electron chi connectivity index (χ0n) is 18.3. The maximum Gasteiger partial charge on any atom is 0.251 e. The van der Waals surface area contributed by atoms with Gasteiger partial charge < -0.3 is 15.0 Å². The lowest BCUT2D eigenvalue weighted by molar-refractivity contribution is -0.136. The lowest BCUT2D eigenvalue weighted by Crippen LogP contribution is -2.39. The van der Waals surface area contributed by atoms with Gasteiger partial charge in [0.15, 0.2) is 0 Å². The van der Waals surface area contributed by atoms with E-state index in [0.29, 0.717) is 17.4 Å². The van der Waals surface area contributed by atoms with E-state index in [9.17, 15) is 9.59 Å². The smallest absolute Gasteiger partial charge is 0.251 e. The topological polar surface area (TPSA) is 58.6 Å². The first-order valence-electron chi connectivity index (χ1n) is 10.2. The fourth-order valence-corrected chi connectivity index (χ4v) is 4.03. The summed E-state index contributed by atoms with van der Waals surface area (Å²) < 4.78 is 5.23. The van der Waals surface area contributed by atoms with Gasteiger partial charge in [-0.05, 0) is 52.8 Å². The molecule has 0 fully saturated rings. The van der Waals surface area contributed by atoms with E-state index < -0.39 is 6.04 Å². The third-order valence-corrected chi connectivity index (χ3v) is 6.09. The van der Waals surface area contributed by atoms with E-state index in [1.807, 2.05) is 53.9 Å². The van der Waals surface area contributed by atoms with Gasteiger partial charge in [0.1, 0.15) is 11.8 Å². The van der Waals surface area contributed by atoms with Gasteiger partial charge in [-0.15, -0.1) is 11.3 Å². The van der Waals surface area contributed by atoms with E-state index in [1.54, 1.807) is 26.3 Å². The number of likely N-dealkylation sites (N-methyl/N-ethyl adjacent to an activating group) is 1. The lowest BCUT2D eigenvalue weighted by atomic mass is 10.0. The van der Waals surface area contributed by atoms with Crippen molar-refractivity contribution in [2.24, 2.45) is 0 Å². The minimum absolute atomic E-state index is 0.117. The number of hydrogen-bond donors (Lipinski definition) is 1. The Morgan fingerprint density at radius 3 is 2.19 bits per heavy atom. The molecule has 0 radical (unpaired) electrons. The molecule has 31 heavy (non-hydrogen) atoms. The molecule has 1 atom stereocenters. The Kier molecular flexibility index (Phi) is 7.47. The molecule has 2 amide bonds. The van der Waals surface area contributed by atoms with Crippen molar-refractivity contribution in [3.05, 3.63) is 82.0 Å². The maximum absolute atomic E-state index is 13.3. The van der Waals surface area contributed by atoms with Crippen molar-refractivity contribution in [1.29, 1.82) is 0 Å². The fourth-order valence-electron chi connectivity index (χ4n) is 3.33. The molecule has 1 aromatic heterocycles. The number of carbonyl (C=O) groups is 2. The number of methoxy groups -OCH3 is 1. The average molecular weight is 437 g/mol. The van der Waals surface area contributed by atoms with Crippen LogP contribution in [0.25, 0.3) is 0 Å². The predicted molar refractivity (Wildman–Crippen MR) is 126 cm³/mol. The van der Waals surface area contributed by atoms with Gasteiger partial charge in [-0.1, -0.05) is 44.2 Å². The van der Waals surface area contributed by atoms with Crippen molar-refractivity contribution in [3.8, 4) is 5.75 Å². The molecule has 0 saturated carbocycles. The molecule has 0 aliphatic rings. The summed E-state index contributed by atoms with van der Waals surface area (Å²) >= 11 is 1.53. The average Bonchev–Trinajstić information content (AvgIpc) is 3.27. The number of nitrogens with zero attached hydrogens (tertiary/aromatic N) is 1. The number of thiophene rings is 1. The van der Waals surface area contributed by atoms with E-state index in [0.717, 1.165) is 10.4 Å². The molecule has 162 valence electrons. The summed E-state index contributed by atoms with van der Waals surface area (Å²) in [5.41, 5.74) is 2.62. The first-order valence-corrected chi connectivity index (χ1v) is 11.1. The highest BCUT2D eigenvalue weighted by Gasteiger charge is 2.29. The Morgan fingerprint density at radius 2 is 1.65 bits per heavy atom. The molecular formula is C25H28N2O3S. The summed E-state index contributed by atoms with van der Waals surface area (Å²) in [6.07, 6.45) is 0.261. The van der Waals surface area contributed by atoms with Crippen LogP contribution >= 0.6 is 11.3 Å². The van der Waals surface area contributed by atoms with Crippen molar-refractivity contribution in [2.75, 3.05) is 19.5 Å². The Morgan fingerprint density at radius 1 is 1.00 bits per heavy atom. The summed E-state index contributed by atoms with van der Waals surface area (Å²) in [7, 11) is 3.27. The highest BCUT2D eigenvalue weighted by molar-refractivity contribution is 7.10. The van der Waals surface area contributed by atoms with Gasteiger partial charge in [-0.25, -0.2) is 0 Å². The number of nitrogens with one attached hydrogen (secondary N) is 1. The predicted octanol–water partition coefficient (Wildman–Crippen LogP) is 5.26. The van der Waals surface area contributed by atoms with E-state index in [-0.39, 0.29) is 18.2 Å². The molecule has 3 aromatic rings. The van der Waals surface area contributed by atoms with Gasteiger partial charge >= 0.3 is 0 Å².